The van der Waals surface area contributed by atoms with Crippen molar-refractivity contribution in [2.45, 2.75) is 23.2 Å². The number of fused-ring (bicyclic) bond motifs is 1. The van der Waals surface area contributed by atoms with Crippen molar-refractivity contribution in [3.63, 3.8) is 0 Å². The van der Waals surface area contributed by atoms with Crippen molar-refractivity contribution in [1.29, 1.82) is 5.41 Å². The highest BCUT2D eigenvalue weighted by Gasteiger charge is 2.71. The Hall–Kier alpha value is -3.88. The highest BCUT2D eigenvalue weighted by Crippen LogP contribution is 2.70. The first kappa shape index (κ1) is 24.5. The molecule has 3 atom stereocenters. The highest BCUT2D eigenvalue weighted by molar-refractivity contribution is 7.89. The van der Waals surface area contributed by atoms with Crippen LogP contribution in [0.25, 0.3) is 0 Å². The first-order chi connectivity index (χ1) is 18.3. The number of benzene rings is 3. The molecule has 6 rings (SSSR count). The molecule has 1 aliphatic heterocycles. The maximum Gasteiger partial charge on any atom is 0.244 e. The minimum atomic E-state index is -3.69. The molecule has 192 valence electrons. The molecule has 6 nitrogen and oxygen atoms in total. The van der Waals surface area contributed by atoms with Crippen LogP contribution in [0.4, 0.5) is 15.8 Å². The summed E-state index contributed by atoms with van der Waals surface area (Å²) >= 11 is 0. The SMILES string of the molecule is Cc1cc(Nc2ccc(F)cc2)c(C=N)cc1[C@@]12CN(S(=O)(=O)c3cccnc3)C[C@@H]1[C@H]2c1ccccc1. The Morgan fingerprint density at radius 2 is 1.84 bits per heavy atom. The van der Waals surface area contributed by atoms with Gasteiger partial charge in [-0.25, -0.2) is 12.8 Å². The van der Waals surface area contributed by atoms with E-state index in [2.05, 4.69) is 22.4 Å². The van der Waals surface area contributed by atoms with Gasteiger partial charge in [-0.3, -0.25) is 4.98 Å². The van der Waals surface area contributed by atoms with E-state index < -0.39 is 15.4 Å². The molecule has 0 spiro atoms. The summed E-state index contributed by atoms with van der Waals surface area (Å²) in [5, 5.41) is 11.4. The summed E-state index contributed by atoms with van der Waals surface area (Å²) < 4.78 is 42.0. The summed E-state index contributed by atoms with van der Waals surface area (Å²) in [5.41, 5.74) is 5.03. The van der Waals surface area contributed by atoms with Crippen molar-refractivity contribution in [3.8, 4) is 0 Å². The summed E-state index contributed by atoms with van der Waals surface area (Å²) in [6.07, 6.45) is 4.27. The molecular formula is C30H27FN4O2S. The van der Waals surface area contributed by atoms with Crippen LogP contribution in [0, 0.1) is 24.1 Å². The summed E-state index contributed by atoms with van der Waals surface area (Å²) in [4.78, 5) is 4.22. The number of nitrogens with one attached hydrogen (secondary N) is 2. The molecule has 8 heteroatoms. The van der Waals surface area contributed by atoms with E-state index in [9.17, 15) is 12.8 Å². The van der Waals surface area contributed by atoms with Crippen molar-refractivity contribution in [1.82, 2.24) is 9.29 Å². The predicted molar refractivity (Wildman–Crippen MR) is 146 cm³/mol. The lowest BCUT2D eigenvalue weighted by molar-refractivity contribution is 0.421. The molecule has 1 saturated carbocycles. The van der Waals surface area contributed by atoms with Gasteiger partial charge in [0, 0.05) is 60.0 Å². The average Bonchev–Trinajstić information content (AvgIpc) is 3.39. The topological polar surface area (TPSA) is 86.2 Å². The van der Waals surface area contributed by atoms with E-state index in [1.165, 1.54) is 30.1 Å². The lowest BCUT2D eigenvalue weighted by Crippen LogP contribution is -2.34. The van der Waals surface area contributed by atoms with Crippen LogP contribution in [0.15, 0.2) is 96.2 Å². The van der Waals surface area contributed by atoms with Crippen molar-refractivity contribution < 1.29 is 12.8 Å². The smallest absolute Gasteiger partial charge is 0.244 e. The average molecular weight is 527 g/mol. The van der Waals surface area contributed by atoms with Crippen LogP contribution < -0.4 is 5.32 Å². The van der Waals surface area contributed by atoms with Gasteiger partial charge in [0.05, 0.1) is 0 Å². The second kappa shape index (κ2) is 9.15. The summed E-state index contributed by atoms with van der Waals surface area (Å²) in [6, 6.07) is 23.6. The highest BCUT2D eigenvalue weighted by atomic mass is 32.2. The normalized spacial score (nSPS) is 22.6. The Kier molecular flexibility index (Phi) is 5.89. The maximum atomic E-state index is 13.5. The Morgan fingerprint density at radius 3 is 2.53 bits per heavy atom. The number of nitrogens with zero attached hydrogens (tertiary/aromatic N) is 2. The van der Waals surface area contributed by atoms with Gasteiger partial charge < -0.3 is 10.7 Å². The number of piperidine rings is 1. The van der Waals surface area contributed by atoms with Crippen LogP contribution in [0.3, 0.4) is 0 Å². The number of pyridine rings is 1. The van der Waals surface area contributed by atoms with Crippen LogP contribution in [0.5, 0.6) is 0 Å². The molecule has 0 radical (unpaired) electrons. The Morgan fingerprint density at radius 1 is 1.08 bits per heavy atom. The Labute approximate surface area is 221 Å². The van der Waals surface area contributed by atoms with Crippen LogP contribution in [0.1, 0.15) is 28.2 Å². The van der Waals surface area contributed by atoms with E-state index >= 15 is 0 Å². The van der Waals surface area contributed by atoms with Crippen molar-refractivity contribution in [3.05, 3.63) is 119 Å². The van der Waals surface area contributed by atoms with Gasteiger partial charge in [0.2, 0.25) is 10.0 Å². The number of hydrogen-bond acceptors (Lipinski definition) is 5. The number of hydrogen-bond donors (Lipinski definition) is 2. The number of sulfonamides is 1. The Bertz CT molecular complexity index is 1610. The quantitative estimate of drug-likeness (QED) is 0.306. The van der Waals surface area contributed by atoms with Crippen molar-refractivity contribution >= 4 is 27.6 Å². The molecule has 1 aromatic heterocycles. The first-order valence-corrected chi connectivity index (χ1v) is 13.9. The number of aromatic nitrogens is 1. The Balaban J connectivity index is 1.41. The summed E-state index contributed by atoms with van der Waals surface area (Å²) in [6.45, 7) is 2.81. The minimum absolute atomic E-state index is 0.115. The lowest BCUT2D eigenvalue weighted by Gasteiger charge is -2.26. The maximum absolute atomic E-state index is 13.5. The lowest BCUT2D eigenvalue weighted by atomic mass is 9.86. The predicted octanol–water partition coefficient (Wildman–Crippen LogP) is 5.63. The van der Waals surface area contributed by atoms with E-state index in [1.54, 1.807) is 34.8 Å². The van der Waals surface area contributed by atoms with Crippen LogP contribution in [0.2, 0.25) is 0 Å². The van der Waals surface area contributed by atoms with Gasteiger partial charge in [-0.2, -0.15) is 4.31 Å². The van der Waals surface area contributed by atoms with Crippen LogP contribution in [-0.2, 0) is 15.4 Å². The van der Waals surface area contributed by atoms with E-state index in [0.717, 1.165) is 22.5 Å². The van der Waals surface area contributed by atoms with E-state index in [-0.39, 0.29) is 22.5 Å². The zero-order valence-corrected chi connectivity index (χ0v) is 21.6. The molecule has 1 saturated heterocycles. The molecule has 0 bridgehead atoms. The third kappa shape index (κ3) is 3.92. The van der Waals surface area contributed by atoms with Gasteiger partial charge in [0.15, 0.2) is 0 Å². The molecule has 38 heavy (non-hydrogen) atoms. The fourth-order valence-corrected chi connectivity index (χ4v) is 7.68. The van der Waals surface area contributed by atoms with Gasteiger partial charge in [-0.05, 0) is 78.1 Å². The van der Waals surface area contributed by atoms with E-state index in [1.807, 2.05) is 37.3 Å². The molecule has 2 fully saturated rings. The molecule has 0 amide bonds. The number of anilines is 2. The monoisotopic (exact) mass is 526 g/mol. The van der Waals surface area contributed by atoms with Crippen LogP contribution in [-0.4, -0.2) is 37.0 Å². The molecule has 1 aliphatic carbocycles. The van der Waals surface area contributed by atoms with Crippen molar-refractivity contribution in [2.75, 3.05) is 18.4 Å². The molecule has 2 aliphatic rings. The van der Waals surface area contributed by atoms with Gasteiger partial charge >= 0.3 is 0 Å². The summed E-state index contributed by atoms with van der Waals surface area (Å²) in [7, 11) is -3.69. The zero-order valence-electron chi connectivity index (χ0n) is 20.8. The van der Waals surface area contributed by atoms with Crippen molar-refractivity contribution in [2.24, 2.45) is 5.92 Å². The fraction of sp³-hybridized carbons (Fsp3) is 0.200. The molecule has 4 aromatic rings. The second-order valence-corrected chi connectivity index (χ2v) is 12.0. The largest absolute Gasteiger partial charge is 0.355 e. The van der Waals surface area contributed by atoms with Gasteiger partial charge in [0.25, 0.3) is 0 Å². The van der Waals surface area contributed by atoms with E-state index in [0.29, 0.717) is 18.7 Å². The van der Waals surface area contributed by atoms with Gasteiger partial charge in [-0.1, -0.05) is 30.3 Å². The van der Waals surface area contributed by atoms with Gasteiger partial charge in [-0.15, -0.1) is 0 Å². The standard InChI is InChI=1S/C30H27FN4O2S/c1-20-14-28(34-24-11-9-23(31)10-12-24)22(16-32)15-26(20)30-19-35(38(36,37)25-8-5-13-33-17-25)18-27(30)29(30)21-6-3-2-4-7-21/h2-17,27,29,32,34H,18-19H2,1H3/t27-,29-,30+/m1/s1. The fourth-order valence-electron chi connectivity index (χ4n) is 6.20. The molecular weight excluding hydrogens is 499 g/mol. The molecule has 0 unspecified atom stereocenters. The zero-order chi connectivity index (χ0) is 26.5. The molecule has 2 N–H and O–H groups in total. The third-order valence-electron chi connectivity index (χ3n) is 7.96. The van der Waals surface area contributed by atoms with Crippen LogP contribution >= 0.6 is 0 Å². The minimum Gasteiger partial charge on any atom is -0.355 e. The second-order valence-electron chi connectivity index (χ2n) is 10.1. The number of aryl methyl sites for hydroxylation is 1. The number of rotatable bonds is 7. The third-order valence-corrected chi connectivity index (χ3v) is 9.75. The molecule has 2 heterocycles. The summed E-state index contributed by atoms with van der Waals surface area (Å²) in [5.74, 6) is -0.0195. The molecule has 3 aromatic carbocycles. The van der Waals surface area contributed by atoms with E-state index in [4.69, 9.17) is 5.41 Å². The van der Waals surface area contributed by atoms with Gasteiger partial charge in [0.1, 0.15) is 10.7 Å². The number of halogens is 1. The first-order valence-electron chi connectivity index (χ1n) is 12.5.